The first-order valence-corrected chi connectivity index (χ1v) is 9.43. The van der Waals surface area contributed by atoms with E-state index in [1.54, 1.807) is 0 Å². The molecule has 5 heteroatoms. The smallest absolute Gasteiger partial charge is 0.255 e. The van der Waals surface area contributed by atoms with E-state index in [-0.39, 0.29) is 28.8 Å². The van der Waals surface area contributed by atoms with E-state index in [9.17, 15) is 9.59 Å². The summed E-state index contributed by atoms with van der Waals surface area (Å²) < 4.78 is 2.07. The summed E-state index contributed by atoms with van der Waals surface area (Å²) >= 11 is 0. The summed E-state index contributed by atoms with van der Waals surface area (Å²) in [5.41, 5.74) is 0.322. The first kappa shape index (κ1) is 18.0. The van der Waals surface area contributed by atoms with Gasteiger partial charge in [-0.15, -0.1) is 0 Å². The van der Waals surface area contributed by atoms with Gasteiger partial charge in [-0.2, -0.15) is 0 Å². The van der Waals surface area contributed by atoms with Crippen LogP contribution >= 0.6 is 0 Å². The van der Waals surface area contributed by atoms with Crippen LogP contribution in [0.25, 0.3) is 0 Å². The summed E-state index contributed by atoms with van der Waals surface area (Å²) in [6.45, 7) is 12.6. The predicted octanol–water partition coefficient (Wildman–Crippen LogP) is 3.11. The van der Waals surface area contributed by atoms with E-state index in [0.29, 0.717) is 13.1 Å². The number of hydrogen-bond donors (Lipinski definition) is 0. The average Bonchev–Trinajstić information content (AvgIpc) is 3.17. The molecule has 2 amide bonds. The van der Waals surface area contributed by atoms with E-state index in [1.165, 1.54) is 0 Å². The lowest BCUT2D eigenvalue weighted by Crippen LogP contribution is -2.52. The molecule has 2 saturated heterocycles. The van der Waals surface area contributed by atoms with Crippen LogP contribution in [0.4, 0.5) is 0 Å². The highest BCUT2D eigenvalue weighted by Crippen LogP contribution is 2.41. The minimum atomic E-state index is -0.356. The summed E-state index contributed by atoms with van der Waals surface area (Å²) in [5.74, 6) is 0.297. The molecule has 138 valence electrons. The first-order valence-electron chi connectivity index (χ1n) is 9.43. The number of likely N-dealkylation sites (tertiary alicyclic amines) is 2. The van der Waals surface area contributed by atoms with Crippen LogP contribution in [0.5, 0.6) is 0 Å². The SMILES string of the molecule is CC(C)N1CCC[C@@]2(CCN(C(=O)c3ccn(C(C)(C)C)c3)C2)C1=O. The Morgan fingerprint density at radius 2 is 1.92 bits per heavy atom. The average molecular weight is 345 g/mol. The molecule has 3 heterocycles. The summed E-state index contributed by atoms with van der Waals surface area (Å²) in [5, 5.41) is 0. The molecular formula is C20H31N3O2. The summed E-state index contributed by atoms with van der Waals surface area (Å²) in [6, 6.07) is 2.12. The Hall–Kier alpha value is -1.78. The van der Waals surface area contributed by atoms with Crippen LogP contribution in [0.3, 0.4) is 0 Å². The van der Waals surface area contributed by atoms with Crippen molar-refractivity contribution in [3.05, 3.63) is 24.0 Å². The molecule has 1 aromatic heterocycles. The van der Waals surface area contributed by atoms with Gasteiger partial charge in [0.2, 0.25) is 5.91 Å². The fourth-order valence-corrected chi connectivity index (χ4v) is 4.14. The monoisotopic (exact) mass is 345 g/mol. The Kier molecular flexibility index (Phi) is 4.46. The van der Waals surface area contributed by atoms with Gasteiger partial charge in [0.25, 0.3) is 5.91 Å². The van der Waals surface area contributed by atoms with Crippen molar-refractivity contribution in [3.63, 3.8) is 0 Å². The van der Waals surface area contributed by atoms with Crippen LogP contribution in [0.2, 0.25) is 0 Å². The third kappa shape index (κ3) is 3.21. The number of piperidine rings is 1. The molecule has 1 atom stereocenters. The zero-order valence-electron chi connectivity index (χ0n) is 16.2. The van der Waals surface area contributed by atoms with E-state index in [4.69, 9.17) is 0 Å². The zero-order valence-corrected chi connectivity index (χ0v) is 16.2. The Morgan fingerprint density at radius 1 is 1.20 bits per heavy atom. The summed E-state index contributed by atoms with van der Waals surface area (Å²) in [6.07, 6.45) is 6.62. The van der Waals surface area contributed by atoms with Crippen LogP contribution in [-0.4, -0.2) is 51.9 Å². The number of rotatable bonds is 2. The lowest BCUT2D eigenvalue weighted by Gasteiger charge is -2.41. The van der Waals surface area contributed by atoms with Gasteiger partial charge >= 0.3 is 0 Å². The first-order chi connectivity index (χ1) is 11.6. The van der Waals surface area contributed by atoms with Crippen molar-refractivity contribution in [3.8, 4) is 0 Å². The number of aromatic nitrogens is 1. The molecule has 0 aromatic carbocycles. The minimum Gasteiger partial charge on any atom is -0.348 e. The molecule has 3 rings (SSSR count). The molecule has 0 unspecified atom stereocenters. The third-order valence-electron chi connectivity index (χ3n) is 5.75. The van der Waals surface area contributed by atoms with Crippen molar-refractivity contribution in [2.75, 3.05) is 19.6 Å². The van der Waals surface area contributed by atoms with E-state index in [1.807, 2.05) is 28.3 Å². The fraction of sp³-hybridized carbons (Fsp3) is 0.700. The third-order valence-corrected chi connectivity index (χ3v) is 5.75. The number of amides is 2. The standard InChI is InChI=1S/C20H31N3O2/c1-15(2)23-10-6-8-20(18(23)25)9-12-21(14-20)17(24)16-7-11-22(13-16)19(3,4)5/h7,11,13,15H,6,8-10,12,14H2,1-5H3/t20-/m0/s1. The highest BCUT2D eigenvalue weighted by molar-refractivity contribution is 5.95. The Morgan fingerprint density at radius 3 is 2.52 bits per heavy atom. The topological polar surface area (TPSA) is 45.5 Å². The van der Waals surface area contributed by atoms with E-state index in [0.717, 1.165) is 31.4 Å². The maximum Gasteiger partial charge on any atom is 0.255 e. The fourth-order valence-electron chi connectivity index (χ4n) is 4.14. The molecule has 0 radical (unpaired) electrons. The van der Waals surface area contributed by atoms with Crippen molar-refractivity contribution >= 4 is 11.8 Å². The molecule has 0 N–H and O–H groups in total. The molecule has 0 aliphatic carbocycles. The number of carbonyl (C=O) groups is 2. The van der Waals surface area contributed by atoms with Crippen molar-refractivity contribution in [1.82, 2.24) is 14.4 Å². The number of carbonyl (C=O) groups excluding carboxylic acids is 2. The van der Waals surface area contributed by atoms with Gasteiger partial charge in [0.1, 0.15) is 0 Å². The van der Waals surface area contributed by atoms with Crippen molar-refractivity contribution < 1.29 is 9.59 Å². The maximum atomic E-state index is 13.0. The van der Waals surface area contributed by atoms with Gasteiger partial charge in [-0.1, -0.05) is 0 Å². The van der Waals surface area contributed by atoms with Gasteiger partial charge in [-0.05, 0) is 59.9 Å². The van der Waals surface area contributed by atoms with E-state index >= 15 is 0 Å². The van der Waals surface area contributed by atoms with Crippen molar-refractivity contribution in [1.29, 1.82) is 0 Å². The van der Waals surface area contributed by atoms with Gasteiger partial charge in [0, 0.05) is 43.6 Å². The van der Waals surface area contributed by atoms with Gasteiger partial charge in [0.05, 0.1) is 11.0 Å². The minimum absolute atomic E-state index is 0.0398. The second kappa shape index (κ2) is 6.19. The van der Waals surface area contributed by atoms with Crippen molar-refractivity contribution in [2.24, 2.45) is 5.41 Å². The molecule has 0 saturated carbocycles. The van der Waals surface area contributed by atoms with Crippen LogP contribution in [0.15, 0.2) is 18.5 Å². The predicted molar refractivity (Wildman–Crippen MR) is 98.5 cm³/mol. The Balaban J connectivity index is 1.75. The number of nitrogens with zero attached hydrogens (tertiary/aromatic N) is 3. The second-order valence-electron chi connectivity index (χ2n) is 8.93. The van der Waals surface area contributed by atoms with Gasteiger partial charge in [-0.3, -0.25) is 9.59 Å². The van der Waals surface area contributed by atoms with Crippen LogP contribution in [0, 0.1) is 5.41 Å². The normalized spacial score (nSPS) is 24.6. The summed E-state index contributed by atoms with van der Waals surface area (Å²) in [4.78, 5) is 29.8. The molecule has 2 aliphatic heterocycles. The highest BCUT2D eigenvalue weighted by atomic mass is 16.2. The molecule has 25 heavy (non-hydrogen) atoms. The van der Waals surface area contributed by atoms with Crippen LogP contribution in [-0.2, 0) is 10.3 Å². The van der Waals surface area contributed by atoms with Gasteiger partial charge in [-0.25, -0.2) is 0 Å². The Labute approximate surface area is 151 Å². The van der Waals surface area contributed by atoms with Crippen LogP contribution in [0.1, 0.15) is 64.2 Å². The maximum absolute atomic E-state index is 13.0. The van der Waals surface area contributed by atoms with E-state index < -0.39 is 0 Å². The lowest BCUT2D eigenvalue weighted by molar-refractivity contribution is -0.147. The number of hydrogen-bond acceptors (Lipinski definition) is 2. The lowest BCUT2D eigenvalue weighted by atomic mass is 9.78. The summed E-state index contributed by atoms with van der Waals surface area (Å²) in [7, 11) is 0. The molecule has 0 bridgehead atoms. The molecular weight excluding hydrogens is 314 g/mol. The van der Waals surface area contributed by atoms with E-state index in [2.05, 4.69) is 39.2 Å². The molecule has 1 spiro atoms. The highest BCUT2D eigenvalue weighted by Gasteiger charge is 2.49. The zero-order chi connectivity index (χ0) is 18.4. The molecule has 2 fully saturated rings. The van der Waals surface area contributed by atoms with Gasteiger partial charge in [0.15, 0.2) is 0 Å². The molecule has 1 aromatic rings. The van der Waals surface area contributed by atoms with Crippen molar-refractivity contribution in [2.45, 2.75) is 65.5 Å². The van der Waals surface area contributed by atoms with Crippen LogP contribution < -0.4 is 0 Å². The largest absolute Gasteiger partial charge is 0.348 e. The molecule has 5 nitrogen and oxygen atoms in total. The quantitative estimate of drug-likeness (QED) is 0.827. The molecule has 2 aliphatic rings. The second-order valence-corrected chi connectivity index (χ2v) is 8.93. The Bertz CT molecular complexity index is 671. The van der Waals surface area contributed by atoms with Gasteiger partial charge < -0.3 is 14.4 Å².